The number of ether oxygens (including phenoxy) is 1. The Morgan fingerprint density at radius 3 is 2.32 bits per heavy atom. The first-order chi connectivity index (χ1) is 11.8. The molecular formula is C21H28O4. The van der Waals surface area contributed by atoms with E-state index in [4.69, 9.17) is 14.9 Å². The van der Waals surface area contributed by atoms with Crippen molar-refractivity contribution in [3.63, 3.8) is 0 Å². The molecule has 0 aliphatic rings. The van der Waals surface area contributed by atoms with Crippen molar-refractivity contribution in [1.82, 2.24) is 0 Å². The van der Waals surface area contributed by atoms with Crippen LogP contribution in [0.1, 0.15) is 56.1 Å². The summed E-state index contributed by atoms with van der Waals surface area (Å²) in [7, 11) is 0. The average Bonchev–Trinajstić information content (AvgIpc) is 2.57. The molecule has 2 aromatic carbocycles. The quantitative estimate of drug-likeness (QED) is 0.479. The van der Waals surface area contributed by atoms with Gasteiger partial charge in [0.25, 0.3) is 0 Å². The second-order valence-electron chi connectivity index (χ2n) is 7.07. The monoisotopic (exact) mass is 344 g/mol. The Bertz CT molecular complexity index is 642. The maximum absolute atomic E-state index is 9.74. The lowest BCUT2D eigenvalue weighted by molar-refractivity contribution is -0.0425. The second kappa shape index (κ2) is 8.99. The molecule has 0 aromatic heterocycles. The summed E-state index contributed by atoms with van der Waals surface area (Å²) >= 11 is 0. The van der Waals surface area contributed by atoms with E-state index in [0.29, 0.717) is 12.2 Å². The fourth-order valence-corrected chi connectivity index (χ4v) is 2.63. The minimum atomic E-state index is -1.44. The largest absolute Gasteiger partial charge is 0.489 e. The average molecular weight is 344 g/mol. The number of hydrogen-bond acceptors (Lipinski definition) is 4. The van der Waals surface area contributed by atoms with E-state index in [9.17, 15) is 5.11 Å². The van der Waals surface area contributed by atoms with E-state index in [2.05, 4.69) is 12.1 Å². The normalized spacial score (nSPS) is 11.8. The van der Waals surface area contributed by atoms with Gasteiger partial charge in [0, 0.05) is 5.56 Å². The van der Waals surface area contributed by atoms with Crippen molar-refractivity contribution < 1.29 is 20.1 Å². The zero-order chi connectivity index (χ0) is 18.3. The first kappa shape index (κ1) is 19.4. The molecule has 4 heteroatoms. The van der Waals surface area contributed by atoms with E-state index in [1.54, 1.807) is 12.1 Å². The standard InChI is InChI=1S/C21H28O4/c1-21(2,24)13-4-3-6-16-7-5-8-19(14-16)25-15-17-9-11-18(12-10-17)20(22)23/h5,7-12,14,20,22-24H,3-4,6,13,15H2,1-2H3. The molecule has 0 aliphatic heterocycles. The van der Waals surface area contributed by atoms with Crippen LogP contribution in [0.15, 0.2) is 48.5 Å². The van der Waals surface area contributed by atoms with Crippen LogP contribution in [-0.4, -0.2) is 20.9 Å². The SMILES string of the molecule is CC(C)(O)CCCCc1cccc(OCc2ccc(C(O)O)cc2)c1. The number of unbranched alkanes of at least 4 members (excludes halogenated alkanes) is 1. The van der Waals surface area contributed by atoms with Gasteiger partial charge < -0.3 is 20.1 Å². The fourth-order valence-electron chi connectivity index (χ4n) is 2.63. The summed E-state index contributed by atoms with van der Waals surface area (Å²) in [4.78, 5) is 0. The predicted molar refractivity (Wildman–Crippen MR) is 98.2 cm³/mol. The molecule has 0 spiro atoms. The van der Waals surface area contributed by atoms with E-state index >= 15 is 0 Å². The molecule has 0 atom stereocenters. The Labute approximate surface area is 149 Å². The molecule has 2 rings (SSSR count). The van der Waals surface area contributed by atoms with Gasteiger partial charge in [-0.3, -0.25) is 0 Å². The molecule has 0 amide bonds. The molecule has 0 unspecified atom stereocenters. The summed E-state index contributed by atoms with van der Waals surface area (Å²) in [5, 5.41) is 27.9. The summed E-state index contributed by atoms with van der Waals surface area (Å²) < 4.78 is 5.83. The number of benzene rings is 2. The number of hydrogen-bond donors (Lipinski definition) is 3. The smallest absolute Gasteiger partial charge is 0.178 e. The molecule has 25 heavy (non-hydrogen) atoms. The third-order valence-corrected chi connectivity index (χ3v) is 4.09. The van der Waals surface area contributed by atoms with Gasteiger partial charge in [-0.15, -0.1) is 0 Å². The van der Waals surface area contributed by atoms with Crippen molar-refractivity contribution in [2.45, 2.75) is 58.0 Å². The van der Waals surface area contributed by atoms with Gasteiger partial charge >= 0.3 is 0 Å². The Morgan fingerprint density at radius 1 is 0.960 bits per heavy atom. The molecule has 0 aliphatic carbocycles. The van der Waals surface area contributed by atoms with E-state index in [-0.39, 0.29) is 0 Å². The van der Waals surface area contributed by atoms with Gasteiger partial charge in [0.1, 0.15) is 12.4 Å². The van der Waals surface area contributed by atoms with Crippen LogP contribution in [0.2, 0.25) is 0 Å². The molecule has 0 heterocycles. The lowest BCUT2D eigenvalue weighted by Gasteiger charge is -2.16. The van der Waals surface area contributed by atoms with Crippen LogP contribution >= 0.6 is 0 Å². The van der Waals surface area contributed by atoms with Crippen molar-refractivity contribution in [3.05, 3.63) is 65.2 Å². The van der Waals surface area contributed by atoms with Crippen LogP contribution in [0, 0.1) is 0 Å². The molecular weight excluding hydrogens is 316 g/mol. The minimum Gasteiger partial charge on any atom is -0.489 e. The van der Waals surface area contributed by atoms with Gasteiger partial charge in [0.05, 0.1) is 5.60 Å². The molecule has 0 bridgehead atoms. The van der Waals surface area contributed by atoms with Crippen LogP contribution < -0.4 is 4.74 Å². The molecule has 2 aromatic rings. The third-order valence-electron chi connectivity index (χ3n) is 4.09. The van der Waals surface area contributed by atoms with Gasteiger partial charge in [-0.25, -0.2) is 0 Å². The molecule has 0 saturated carbocycles. The molecule has 136 valence electrons. The van der Waals surface area contributed by atoms with Gasteiger partial charge in [-0.1, -0.05) is 42.8 Å². The molecule has 0 saturated heterocycles. The molecule has 3 N–H and O–H groups in total. The van der Waals surface area contributed by atoms with Crippen LogP contribution in [0.3, 0.4) is 0 Å². The van der Waals surface area contributed by atoms with Gasteiger partial charge in [0.15, 0.2) is 6.29 Å². The van der Waals surface area contributed by atoms with Crippen LogP contribution in [-0.2, 0) is 13.0 Å². The Hall–Kier alpha value is -1.88. The van der Waals surface area contributed by atoms with E-state index in [1.165, 1.54) is 5.56 Å². The number of aliphatic hydroxyl groups is 3. The van der Waals surface area contributed by atoms with Gasteiger partial charge in [-0.2, -0.15) is 0 Å². The summed E-state index contributed by atoms with van der Waals surface area (Å²) in [5.74, 6) is 0.825. The zero-order valence-corrected chi connectivity index (χ0v) is 15.0. The highest BCUT2D eigenvalue weighted by Gasteiger charge is 2.11. The van der Waals surface area contributed by atoms with Crippen molar-refractivity contribution in [2.75, 3.05) is 0 Å². The topological polar surface area (TPSA) is 69.9 Å². The lowest BCUT2D eigenvalue weighted by Crippen LogP contribution is -2.17. The van der Waals surface area contributed by atoms with Crippen molar-refractivity contribution >= 4 is 0 Å². The summed E-state index contributed by atoms with van der Waals surface area (Å²) in [6.07, 6.45) is 2.37. The highest BCUT2D eigenvalue weighted by Crippen LogP contribution is 2.19. The lowest BCUT2D eigenvalue weighted by atomic mass is 9.99. The second-order valence-corrected chi connectivity index (χ2v) is 7.07. The van der Waals surface area contributed by atoms with Crippen LogP contribution in [0.4, 0.5) is 0 Å². The predicted octanol–water partition coefficient (Wildman–Crippen LogP) is 3.73. The number of rotatable bonds is 9. The summed E-state index contributed by atoms with van der Waals surface area (Å²) in [6, 6.07) is 15.1. The van der Waals surface area contributed by atoms with E-state index in [0.717, 1.165) is 37.0 Å². The maximum Gasteiger partial charge on any atom is 0.178 e. The summed E-state index contributed by atoms with van der Waals surface area (Å²) in [6.45, 7) is 4.12. The maximum atomic E-state index is 9.74. The summed E-state index contributed by atoms with van der Waals surface area (Å²) in [5.41, 5.74) is 2.08. The zero-order valence-electron chi connectivity index (χ0n) is 15.0. The molecule has 0 fully saturated rings. The highest BCUT2D eigenvalue weighted by atomic mass is 16.5. The van der Waals surface area contributed by atoms with Gasteiger partial charge in [0.2, 0.25) is 0 Å². The van der Waals surface area contributed by atoms with Gasteiger partial charge in [-0.05, 0) is 56.4 Å². The van der Waals surface area contributed by atoms with Crippen molar-refractivity contribution in [1.29, 1.82) is 0 Å². The Balaban J connectivity index is 1.82. The molecule has 4 nitrogen and oxygen atoms in total. The first-order valence-electron chi connectivity index (χ1n) is 8.72. The van der Waals surface area contributed by atoms with Crippen molar-refractivity contribution in [2.24, 2.45) is 0 Å². The van der Waals surface area contributed by atoms with Crippen molar-refractivity contribution in [3.8, 4) is 5.75 Å². The number of aryl methyl sites for hydroxylation is 1. The first-order valence-corrected chi connectivity index (χ1v) is 8.72. The van der Waals surface area contributed by atoms with E-state index < -0.39 is 11.9 Å². The molecule has 0 radical (unpaired) electrons. The van der Waals surface area contributed by atoms with Crippen LogP contribution in [0.25, 0.3) is 0 Å². The highest BCUT2D eigenvalue weighted by molar-refractivity contribution is 5.29. The Morgan fingerprint density at radius 2 is 1.68 bits per heavy atom. The number of aliphatic hydroxyl groups excluding tert-OH is 1. The van der Waals surface area contributed by atoms with E-state index in [1.807, 2.05) is 38.1 Å². The minimum absolute atomic E-state index is 0.434. The fraction of sp³-hybridized carbons (Fsp3) is 0.429. The van der Waals surface area contributed by atoms with Crippen LogP contribution in [0.5, 0.6) is 5.75 Å². The Kier molecular flexibility index (Phi) is 7.00. The third kappa shape index (κ3) is 7.26.